The number of nitrogens with zero attached hydrogens (tertiary/aromatic N) is 4. The van der Waals surface area contributed by atoms with E-state index in [1.165, 1.54) is 10.9 Å². The highest BCUT2D eigenvalue weighted by atomic mass is 19.1. The van der Waals surface area contributed by atoms with E-state index in [-0.39, 0.29) is 11.9 Å². The van der Waals surface area contributed by atoms with E-state index in [2.05, 4.69) is 20.8 Å². The van der Waals surface area contributed by atoms with Crippen LogP contribution in [0.4, 0.5) is 4.39 Å². The molecule has 90 valence electrons. The van der Waals surface area contributed by atoms with Crippen LogP contribution in [0.1, 0.15) is 17.4 Å². The number of aromatic nitrogens is 4. The van der Waals surface area contributed by atoms with Crippen molar-refractivity contribution in [3.8, 4) is 0 Å². The van der Waals surface area contributed by atoms with Crippen molar-refractivity contribution in [2.24, 2.45) is 12.9 Å². The van der Waals surface area contributed by atoms with E-state index in [4.69, 9.17) is 5.84 Å². The summed E-state index contributed by atoms with van der Waals surface area (Å²) in [5.74, 6) is 5.64. The lowest BCUT2D eigenvalue weighted by Gasteiger charge is -2.14. The minimum absolute atomic E-state index is 0.306. The summed E-state index contributed by atoms with van der Waals surface area (Å²) in [6.07, 6.45) is 0.380. The van der Waals surface area contributed by atoms with Gasteiger partial charge in [0, 0.05) is 12.0 Å². The zero-order chi connectivity index (χ0) is 12.3. The van der Waals surface area contributed by atoms with E-state index in [0.717, 1.165) is 0 Å². The minimum Gasteiger partial charge on any atom is -0.271 e. The van der Waals surface area contributed by atoms with Gasteiger partial charge in [0.25, 0.3) is 0 Å². The first-order valence-corrected chi connectivity index (χ1v) is 5.14. The van der Waals surface area contributed by atoms with Crippen LogP contribution in [0.2, 0.25) is 0 Å². The van der Waals surface area contributed by atoms with Gasteiger partial charge >= 0.3 is 0 Å². The number of aryl methyl sites for hydroxylation is 1. The van der Waals surface area contributed by atoms with Crippen molar-refractivity contribution in [3.63, 3.8) is 0 Å². The van der Waals surface area contributed by atoms with E-state index in [1.807, 2.05) is 0 Å². The Morgan fingerprint density at radius 2 is 2.24 bits per heavy atom. The number of halogens is 1. The van der Waals surface area contributed by atoms with Gasteiger partial charge in [0.1, 0.15) is 5.82 Å². The van der Waals surface area contributed by atoms with Crippen molar-refractivity contribution >= 4 is 0 Å². The molecule has 0 saturated carbocycles. The van der Waals surface area contributed by atoms with Crippen molar-refractivity contribution < 1.29 is 4.39 Å². The fourth-order valence-electron chi connectivity index (χ4n) is 1.60. The average molecular weight is 236 g/mol. The number of hydrogen-bond donors (Lipinski definition) is 2. The Kier molecular flexibility index (Phi) is 3.40. The Morgan fingerprint density at radius 1 is 1.47 bits per heavy atom. The summed E-state index contributed by atoms with van der Waals surface area (Å²) in [5.41, 5.74) is 3.05. The summed E-state index contributed by atoms with van der Waals surface area (Å²) in [6.45, 7) is 0. The summed E-state index contributed by atoms with van der Waals surface area (Å²) in [5, 5.41) is 11.6. The molecule has 17 heavy (non-hydrogen) atoms. The summed E-state index contributed by atoms with van der Waals surface area (Å²) >= 11 is 0. The predicted molar refractivity (Wildman–Crippen MR) is 59.0 cm³/mol. The Balaban J connectivity index is 2.20. The Labute approximate surface area is 97.6 Å². The number of nitrogens with one attached hydrogen (secondary N) is 1. The van der Waals surface area contributed by atoms with Gasteiger partial charge in [0.05, 0.1) is 13.1 Å². The molecule has 0 spiro atoms. The highest BCUT2D eigenvalue weighted by Crippen LogP contribution is 2.18. The fourth-order valence-corrected chi connectivity index (χ4v) is 1.60. The molecule has 1 heterocycles. The van der Waals surface area contributed by atoms with Crippen LogP contribution in [0.5, 0.6) is 0 Å². The average Bonchev–Trinajstić information content (AvgIpc) is 2.73. The molecule has 7 heteroatoms. The van der Waals surface area contributed by atoms with Crippen molar-refractivity contribution in [2.75, 3.05) is 0 Å². The van der Waals surface area contributed by atoms with E-state index in [9.17, 15) is 4.39 Å². The van der Waals surface area contributed by atoms with Gasteiger partial charge < -0.3 is 0 Å². The largest absolute Gasteiger partial charge is 0.271 e. The maximum Gasteiger partial charge on any atom is 0.176 e. The Bertz CT molecular complexity index is 497. The first kappa shape index (κ1) is 11.6. The van der Waals surface area contributed by atoms with Gasteiger partial charge in [-0.2, -0.15) is 4.80 Å². The Morgan fingerprint density at radius 3 is 2.82 bits per heavy atom. The number of hydrogen-bond acceptors (Lipinski definition) is 5. The third-order valence-electron chi connectivity index (χ3n) is 2.42. The SMILES string of the molecule is Cn1nnc(CC(NN)c2ccccc2F)n1. The molecule has 1 atom stereocenters. The molecule has 0 aliphatic carbocycles. The van der Waals surface area contributed by atoms with Crippen molar-refractivity contribution in [1.29, 1.82) is 0 Å². The number of benzene rings is 1. The van der Waals surface area contributed by atoms with Crippen molar-refractivity contribution in [2.45, 2.75) is 12.5 Å². The normalized spacial score (nSPS) is 12.6. The van der Waals surface area contributed by atoms with Crippen molar-refractivity contribution in [3.05, 3.63) is 41.5 Å². The zero-order valence-electron chi connectivity index (χ0n) is 9.34. The number of hydrazine groups is 1. The molecule has 1 unspecified atom stereocenters. The van der Waals surface area contributed by atoms with Crippen LogP contribution >= 0.6 is 0 Å². The van der Waals surface area contributed by atoms with Crippen molar-refractivity contribution in [1.82, 2.24) is 25.6 Å². The van der Waals surface area contributed by atoms with Crippen LogP contribution in [0.25, 0.3) is 0 Å². The van der Waals surface area contributed by atoms with Gasteiger partial charge in [0.15, 0.2) is 5.82 Å². The van der Waals surface area contributed by atoms with Gasteiger partial charge in [-0.15, -0.1) is 10.2 Å². The lowest BCUT2D eigenvalue weighted by Crippen LogP contribution is -2.30. The Hall–Kier alpha value is -1.86. The van der Waals surface area contributed by atoms with Gasteiger partial charge in [-0.05, 0) is 11.3 Å². The van der Waals surface area contributed by atoms with E-state index < -0.39 is 0 Å². The van der Waals surface area contributed by atoms with Crippen LogP contribution in [0.3, 0.4) is 0 Å². The van der Waals surface area contributed by atoms with Gasteiger partial charge in [-0.3, -0.25) is 11.3 Å². The molecule has 1 aromatic carbocycles. The minimum atomic E-state index is -0.375. The molecule has 0 saturated heterocycles. The maximum absolute atomic E-state index is 13.6. The summed E-state index contributed by atoms with van der Waals surface area (Å²) in [4.78, 5) is 1.35. The van der Waals surface area contributed by atoms with Crippen LogP contribution < -0.4 is 11.3 Å². The monoisotopic (exact) mass is 236 g/mol. The topological polar surface area (TPSA) is 81.7 Å². The second-order valence-corrected chi connectivity index (χ2v) is 3.64. The molecule has 2 rings (SSSR count). The van der Waals surface area contributed by atoms with Gasteiger partial charge in [-0.25, -0.2) is 4.39 Å². The summed E-state index contributed by atoms with van der Waals surface area (Å²) in [7, 11) is 1.67. The van der Waals surface area contributed by atoms with Crippen LogP contribution in [-0.4, -0.2) is 20.2 Å². The van der Waals surface area contributed by atoms with Crippen LogP contribution in [-0.2, 0) is 13.5 Å². The predicted octanol–water partition coefficient (Wildman–Crippen LogP) is 0.0963. The highest BCUT2D eigenvalue weighted by Gasteiger charge is 2.16. The van der Waals surface area contributed by atoms with E-state index >= 15 is 0 Å². The van der Waals surface area contributed by atoms with Crippen LogP contribution in [0.15, 0.2) is 24.3 Å². The second-order valence-electron chi connectivity index (χ2n) is 3.64. The fraction of sp³-hybridized carbons (Fsp3) is 0.300. The molecule has 0 aliphatic heterocycles. The molecule has 1 aromatic heterocycles. The molecule has 0 radical (unpaired) electrons. The molecule has 0 aliphatic rings. The molecule has 3 N–H and O–H groups in total. The molecule has 0 amide bonds. The third kappa shape index (κ3) is 2.63. The van der Waals surface area contributed by atoms with Gasteiger partial charge in [-0.1, -0.05) is 18.2 Å². The maximum atomic E-state index is 13.6. The summed E-state index contributed by atoms with van der Waals surface area (Å²) < 4.78 is 13.6. The zero-order valence-corrected chi connectivity index (χ0v) is 9.34. The second kappa shape index (κ2) is 4.98. The first-order valence-electron chi connectivity index (χ1n) is 5.14. The molecular formula is C10H13FN6. The lowest BCUT2D eigenvalue weighted by molar-refractivity contribution is 0.501. The number of nitrogens with two attached hydrogens (primary N) is 1. The molecular weight excluding hydrogens is 223 g/mol. The molecule has 6 nitrogen and oxygen atoms in total. The third-order valence-corrected chi connectivity index (χ3v) is 2.42. The van der Waals surface area contributed by atoms with E-state index in [0.29, 0.717) is 17.8 Å². The summed E-state index contributed by atoms with van der Waals surface area (Å²) in [6, 6.07) is 6.08. The highest BCUT2D eigenvalue weighted by molar-refractivity contribution is 5.21. The lowest BCUT2D eigenvalue weighted by atomic mass is 10.0. The first-order chi connectivity index (χ1) is 8.20. The van der Waals surface area contributed by atoms with E-state index in [1.54, 1.807) is 25.2 Å². The molecule has 0 bridgehead atoms. The molecule has 2 aromatic rings. The number of rotatable bonds is 4. The quantitative estimate of drug-likeness (QED) is 0.581. The smallest absolute Gasteiger partial charge is 0.176 e. The van der Waals surface area contributed by atoms with Gasteiger partial charge in [0.2, 0.25) is 0 Å². The standard InChI is InChI=1S/C10H13FN6/c1-17-15-10(14-16-17)6-9(13-12)7-4-2-3-5-8(7)11/h2-5,9,13H,6,12H2,1H3. The number of tetrazole rings is 1. The van der Waals surface area contributed by atoms with Crippen LogP contribution in [0, 0.1) is 5.82 Å². The molecule has 0 fully saturated rings.